The van der Waals surface area contributed by atoms with Gasteiger partial charge in [-0.2, -0.15) is 0 Å². The Bertz CT molecular complexity index is 564. The first kappa shape index (κ1) is 11.4. The van der Waals surface area contributed by atoms with Crippen LogP contribution in [0.15, 0.2) is 42.5 Å². The third-order valence-electron chi connectivity index (χ3n) is 2.27. The molecule has 17 heavy (non-hydrogen) atoms. The molecule has 0 saturated carbocycles. The minimum Gasteiger partial charge on any atom is -0.288 e. The summed E-state index contributed by atoms with van der Waals surface area (Å²) in [4.78, 5) is 11.8. The van der Waals surface area contributed by atoms with E-state index in [0.717, 1.165) is 0 Å². The van der Waals surface area contributed by atoms with Crippen molar-refractivity contribution in [3.05, 3.63) is 71.0 Å². The maximum Gasteiger partial charge on any atom is 0.196 e. The normalized spacial score (nSPS) is 10.3. The van der Waals surface area contributed by atoms with E-state index in [2.05, 4.69) is 0 Å². The Labute approximate surface area is 95.5 Å². The first-order valence-corrected chi connectivity index (χ1v) is 4.84. The van der Waals surface area contributed by atoms with Crippen molar-refractivity contribution in [3.63, 3.8) is 0 Å². The molecular formula is C13H7F3O. The highest BCUT2D eigenvalue weighted by Gasteiger charge is 2.18. The topological polar surface area (TPSA) is 17.1 Å². The molecule has 86 valence electrons. The second kappa shape index (κ2) is 4.41. The zero-order chi connectivity index (χ0) is 12.4. The van der Waals surface area contributed by atoms with Gasteiger partial charge in [0.15, 0.2) is 17.4 Å². The van der Waals surface area contributed by atoms with Gasteiger partial charge in [0.25, 0.3) is 0 Å². The number of hydrogen-bond acceptors (Lipinski definition) is 1. The number of ketones is 1. The molecule has 0 unspecified atom stereocenters. The fraction of sp³-hybridized carbons (Fsp3) is 0. The quantitative estimate of drug-likeness (QED) is 0.577. The van der Waals surface area contributed by atoms with Crippen molar-refractivity contribution in [3.8, 4) is 0 Å². The maximum atomic E-state index is 13.4. The molecular weight excluding hydrogens is 229 g/mol. The molecule has 0 radical (unpaired) electrons. The van der Waals surface area contributed by atoms with Crippen LogP contribution in [0.5, 0.6) is 0 Å². The summed E-state index contributed by atoms with van der Waals surface area (Å²) in [5.41, 5.74) is -0.426. The number of hydrogen-bond donors (Lipinski definition) is 0. The second-order valence-corrected chi connectivity index (χ2v) is 3.44. The van der Waals surface area contributed by atoms with Crippen molar-refractivity contribution in [1.29, 1.82) is 0 Å². The molecule has 0 heterocycles. The molecule has 1 nitrogen and oxygen atoms in total. The fourth-order valence-corrected chi connectivity index (χ4v) is 1.47. The molecule has 0 spiro atoms. The van der Waals surface area contributed by atoms with E-state index in [-0.39, 0.29) is 5.56 Å². The number of carbonyl (C=O) groups is 1. The maximum absolute atomic E-state index is 13.4. The van der Waals surface area contributed by atoms with E-state index in [9.17, 15) is 18.0 Å². The van der Waals surface area contributed by atoms with E-state index in [1.165, 1.54) is 12.1 Å². The van der Waals surface area contributed by atoms with Crippen LogP contribution in [0.3, 0.4) is 0 Å². The van der Waals surface area contributed by atoms with Crippen LogP contribution in [0.1, 0.15) is 15.9 Å². The lowest BCUT2D eigenvalue weighted by molar-refractivity contribution is 0.103. The summed E-state index contributed by atoms with van der Waals surface area (Å²) in [7, 11) is 0. The fourth-order valence-electron chi connectivity index (χ4n) is 1.47. The average molecular weight is 236 g/mol. The van der Waals surface area contributed by atoms with Crippen LogP contribution >= 0.6 is 0 Å². The van der Waals surface area contributed by atoms with E-state index in [0.29, 0.717) is 12.1 Å². The zero-order valence-electron chi connectivity index (χ0n) is 8.58. The molecule has 0 N–H and O–H groups in total. The van der Waals surface area contributed by atoms with Gasteiger partial charge in [-0.3, -0.25) is 4.79 Å². The molecule has 0 saturated heterocycles. The highest BCUT2D eigenvalue weighted by molar-refractivity contribution is 6.09. The van der Waals surface area contributed by atoms with Crippen molar-refractivity contribution in [2.24, 2.45) is 0 Å². The van der Waals surface area contributed by atoms with Crippen LogP contribution in [-0.2, 0) is 0 Å². The van der Waals surface area contributed by atoms with Crippen LogP contribution in [0, 0.1) is 17.5 Å². The average Bonchev–Trinajstić information content (AvgIpc) is 2.34. The Kier molecular flexibility index (Phi) is 2.95. The van der Waals surface area contributed by atoms with Crippen LogP contribution in [-0.4, -0.2) is 5.78 Å². The van der Waals surface area contributed by atoms with E-state index in [1.807, 2.05) is 0 Å². The lowest BCUT2D eigenvalue weighted by Gasteiger charge is -2.03. The lowest BCUT2D eigenvalue weighted by Crippen LogP contribution is -2.06. The predicted octanol–water partition coefficient (Wildman–Crippen LogP) is 3.33. The molecule has 0 aromatic heterocycles. The third-order valence-corrected chi connectivity index (χ3v) is 2.27. The zero-order valence-corrected chi connectivity index (χ0v) is 8.58. The van der Waals surface area contributed by atoms with Crippen LogP contribution < -0.4 is 0 Å². The molecule has 2 rings (SSSR count). The highest BCUT2D eigenvalue weighted by Crippen LogP contribution is 2.17. The summed E-state index contributed by atoms with van der Waals surface area (Å²) in [6.07, 6.45) is 0. The van der Waals surface area contributed by atoms with Gasteiger partial charge in [0, 0.05) is 11.6 Å². The summed E-state index contributed by atoms with van der Waals surface area (Å²) >= 11 is 0. The largest absolute Gasteiger partial charge is 0.288 e. The highest BCUT2D eigenvalue weighted by atomic mass is 19.2. The van der Waals surface area contributed by atoms with Crippen molar-refractivity contribution in [1.82, 2.24) is 0 Å². The van der Waals surface area contributed by atoms with Gasteiger partial charge in [-0.05, 0) is 6.07 Å². The molecule has 0 amide bonds. The minimum absolute atomic E-state index is 0.177. The summed E-state index contributed by atoms with van der Waals surface area (Å²) in [5, 5.41) is 0. The predicted molar refractivity (Wildman–Crippen MR) is 56.2 cm³/mol. The molecule has 2 aromatic rings. The second-order valence-electron chi connectivity index (χ2n) is 3.44. The minimum atomic E-state index is -1.37. The molecule has 0 aliphatic heterocycles. The molecule has 0 fully saturated rings. The monoisotopic (exact) mass is 236 g/mol. The number of rotatable bonds is 2. The van der Waals surface area contributed by atoms with Crippen LogP contribution in [0.25, 0.3) is 0 Å². The molecule has 0 bridgehead atoms. The molecule has 0 atom stereocenters. The van der Waals surface area contributed by atoms with Crippen LogP contribution in [0.2, 0.25) is 0 Å². The lowest BCUT2D eigenvalue weighted by atomic mass is 10.0. The Balaban J connectivity index is 2.52. The summed E-state index contributed by atoms with van der Waals surface area (Å²) in [5.74, 6) is -4.44. The van der Waals surface area contributed by atoms with Gasteiger partial charge in [0.2, 0.25) is 0 Å². The SMILES string of the molecule is O=C(c1ccccc1)c1cc(F)cc(F)c1F. The number of carbonyl (C=O) groups excluding carboxylic acids is 1. The van der Waals surface area contributed by atoms with Gasteiger partial charge in [0.05, 0.1) is 5.56 Å². The molecule has 0 aliphatic rings. The van der Waals surface area contributed by atoms with Crippen molar-refractivity contribution in [2.75, 3.05) is 0 Å². The first-order valence-electron chi connectivity index (χ1n) is 4.84. The number of benzene rings is 2. The number of halogens is 3. The van der Waals surface area contributed by atoms with Gasteiger partial charge in [-0.25, -0.2) is 13.2 Å². The van der Waals surface area contributed by atoms with Crippen LogP contribution in [0.4, 0.5) is 13.2 Å². The van der Waals surface area contributed by atoms with Gasteiger partial charge >= 0.3 is 0 Å². The molecule has 0 aliphatic carbocycles. The smallest absolute Gasteiger partial charge is 0.196 e. The summed E-state index contributed by atoms with van der Waals surface area (Å²) < 4.78 is 39.2. The summed E-state index contributed by atoms with van der Waals surface area (Å²) in [6, 6.07) is 8.83. The molecule has 4 heteroatoms. The first-order chi connectivity index (χ1) is 8.09. The Morgan fingerprint density at radius 3 is 2.24 bits per heavy atom. The van der Waals surface area contributed by atoms with Crippen molar-refractivity contribution >= 4 is 5.78 Å². The third kappa shape index (κ3) is 2.20. The van der Waals surface area contributed by atoms with E-state index in [1.54, 1.807) is 18.2 Å². The summed E-state index contributed by atoms with van der Waals surface area (Å²) in [6.45, 7) is 0. The van der Waals surface area contributed by atoms with Crippen molar-refractivity contribution < 1.29 is 18.0 Å². The Hall–Kier alpha value is -2.10. The molecule has 2 aromatic carbocycles. The standard InChI is InChI=1S/C13H7F3O/c14-9-6-10(12(16)11(15)7-9)13(17)8-4-2-1-3-5-8/h1-7H. The Morgan fingerprint density at radius 1 is 0.941 bits per heavy atom. The van der Waals surface area contributed by atoms with E-state index >= 15 is 0 Å². The Morgan fingerprint density at radius 2 is 1.59 bits per heavy atom. The van der Waals surface area contributed by atoms with E-state index in [4.69, 9.17) is 0 Å². The van der Waals surface area contributed by atoms with Crippen molar-refractivity contribution in [2.45, 2.75) is 0 Å². The van der Waals surface area contributed by atoms with Gasteiger partial charge in [0.1, 0.15) is 5.82 Å². The van der Waals surface area contributed by atoms with Gasteiger partial charge in [-0.1, -0.05) is 30.3 Å². The van der Waals surface area contributed by atoms with E-state index < -0.39 is 28.8 Å². The van der Waals surface area contributed by atoms with Gasteiger partial charge in [-0.15, -0.1) is 0 Å². The van der Waals surface area contributed by atoms with Gasteiger partial charge < -0.3 is 0 Å².